The van der Waals surface area contributed by atoms with Crippen molar-refractivity contribution < 1.29 is 0 Å². The van der Waals surface area contributed by atoms with Crippen molar-refractivity contribution in [3.63, 3.8) is 0 Å². The highest BCUT2D eigenvalue weighted by Crippen LogP contribution is 2.26. The fourth-order valence-corrected chi connectivity index (χ4v) is 2.36. The van der Waals surface area contributed by atoms with Crippen molar-refractivity contribution in [1.29, 1.82) is 0 Å². The third kappa shape index (κ3) is 3.46. The minimum Gasteiger partial charge on any atom is -0.315 e. The predicted molar refractivity (Wildman–Crippen MR) is 67.1 cm³/mol. The maximum atomic E-state index is 3.53. The summed E-state index contributed by atoms with van der Waals surface area (Å²) in [5, 5.41) is 3.53. The highest BCUT2D eigenvalue weighted by Gasteiger charge is 2.30. The second kappa shape index (κ2) is 4.84. The van der Waals surface area contributed by atoms with Crippen LogP contribution >= 0.6 is 0 Å². The van der Waals surface area contributed by atoms with Crippen LogP contribution in [0.15, 0.2) is 0 Å². The molecule has 0 radical (unpaired) electrons. The topological polar surface area (TPSA) is 15.3 Å². The van der Waals surface area contributed by atoms with Crippen LogP contribution in [-0.4, -0.2) is 37.1 Å². The van der Waals surface area contributed by atoms with Crippen LogP contribution in [0.25, 0.3) is 0 Å². The zero-order valence-electron chi connectivity index (χ0n) is 11.3. The molecular weight excluding hydrogens is 184 g/mol. The Morgan fingerprint density at radius 1 is 1.27 bits per heavy atom. The molecule has 0 aromatic carbocycles. The van der Waals surface area contributed by atoms with E-state index >= 15 is 0 Å². The van der Waals surface area contributed by atoms with Gasteiger partial charge in [-0.05, 0) is 38.3 Å². The minimum atomic E-state index is 0.370. The highest BCUT2D eigenvalue weighted by molar-refractivity contribution is 4.86. The molecule has 1 N–H and O–H groups in total. The molecule has 3 unspecified atom stereocenters. The molecule has 0 aromatic heterocycles. The van der Waals surface area contributed by atoms with Crippen molar-refractivity contribution >= 4 is 0 Å². The molecule has 1 aliphatic heterocycles. The lowest BCUT2D eigenvalue weighted by Gasteiger charge is -2.43. The summed E-state index contributed by atoms with van der Waals surface area (Å²) in [7, 11) is 2.28. The Hall–Kier alpha value is -0.0800. The maximum absolute atomic E-state index is 3.53. The Kier molecular flexibility index (Phi) is 4.19. The summed E-state index contributed by atoms with van der Waals surface area (Å²) in [5.74, 6) is 0.818. The molecule has 0 spiro atoms. The van der Waals surface area contributed by atoms with Crippen LogP contribution in [0.1, 0.15) is 41.0 Å². The van der Waals surface area contributed by atoms with Gasteiger partial charge in [0.15, 0.2) is 0 Å². The molecule has 0 aliphatic carbocycles. The van der Waals surface area contributed by atoms with Crippen LogP contribution in [0.2, 0.25) is 0 Å². The van der Waals surface area contributed by atoms with Gasteiger partial charge in [-0.2, -0.15) is 0 Å². The van der Waals surface area contributed by atoms with Gasteiger partial charge in [-0.1, -0.05) is 27.7 Å². The minimum absolute atomic E-state index is 0.370. The summed E-state index contributed by atoms with van der Waals surface area (Å²) >= 11 is 0. The largest absolute Gasteiger partial charge is 0.315 e. The second-order valence-electron chi connectivity index (χ2n) is 6.36. The van der Waals surface area contributed by atoms with Crippen molar-refractivity contribution in [2.24, 2.45) is 11.3 Å². The van der Waals surface area contributed by atoms with E-state index in [4.69, 9.17) is 0 Å². The van der Waals surface area contributed by atoms with Crippen molar-refractivity contribution in [2.75, 3.05) is 20.1 Å². The van der Waals surface area contributed by atoms with Gasteiger partial charge in [-0.25, -0.2) is 0 Å². The van der Waals surface area contributed by atoms with E-state index in [9.17, 15) is 0 Å². The molecule has 0 aromatic rings. The van der Waals surface area contributed by atoms with Gasteiger partial charge in [0.25, 0.3) is 0 Å². The number of piperidine rings is 1. The smallest absolute Gasteiger partial charge is 0.0223 e. The average molecular weight is 212 g/mol. The molecule has 1 heterocycles. The molecule has 1 saturated heterocycles. The summed E-state index contributed by atoms with van der Waals surface area (Å²) in [6.45, 7) is 14.0. The highest BCUT2D eigenvalue weighted by atomic mass is 15.2. The van der Waals surface area contributed by atoms with E-state index in [-0.39, 0.29) is 0 Å². The second-order valence-corrected chi connectivity index (χ2v) is 6.36. The summed E-state index contributed by atoms with van der Waals surface area (Å²) in [4.78, 5) is 2.56. The van der Waals surface area contributed by atoms with E-state index in [0.717, 1.165) is 12.5 Å². The number of hydrogen-bond acceptors (Lipinski definition) is 2. The Morgan fingerprint density at radius 3 is 2.33 bits per heavy atom. The fourth-order valence-electron chi connectivity index (χ4n) is 2.36. The van der Waals surface area contributed by atoms with Crippen molar-refractivity contribution in [2.45, 2.75) is 53.1 Å². The van der Waals surface area contributed by atoms with E-state index in [1.165, 1.54) is 13.0 Å². The van der Waals surface area contributed by atoms with Gasteiger partial charge in [0.2, 0.25) is 0 Å². The summed E-state index contributed by atoms with van der Waals surface area (Å²) in [5.41, 5.74) is 0.370. The number of nitrogens with zero attached hydrogens (tertiary/aromatic N) is 1. The zero-order chi connectivity index (χ0) is 11.6. The molecule has 2 nitrogen and oxygen atoms in total. The van der Waals surface area contributed by atoms with Crippen LogP contribution in [0.3, 0.4) is 0 Å². The van der Waals surface area contributed by atoms with Gasteiger partial charge in [-0.15, -0.1) is 0 Å². The van der Waals surface area contributed by atoms with E-state index in [1.54, 1.807) is 0 Å². The monoisotopic (exact) mass is 212 g/mol. The molecule has 1 rings (SSSR count). The number of nitrogens with one attached hydrogen (secondary N) is 1. The van der Waals surface area contributed by atoms with E-state index in [2.05, 4.69) is 51.9 Å². The quantitative estimate of drug-likeness (QED) is 0.756. The first-order chi connectivity index (χ1) is 6.82. The maximum Gasteiger partial charge on any atom is 0.0223 e. The number of hydrogen-bond donors (Lipinski definition) is 1. The molecule has 1 aliphatic rings. The van der Waals surface area contributed by atoms with Crippen molar-refractivity contribution in [3.05, 3.63) is 0 Å². The third-order valence-electron chi connectivity index (χ3n) is 3.99. The van der Waals surface area contributed by atoms with Gasteiger partial charge >= 0.3 is 0 Å². The Balaban J connectivity index is 2.55. The number of likely N-dealkylation sites (N-methyl/N-ethyl adjacent to an activating group) is 1. The van der Waals surface area contributed by atoms with Gasteiger partial charge < -0.3 is 5.32 Å². The van der Waals surface area contributed by atoms with Gasteiger partial charge in [0.1, 0.15) is 0 Å². The zero-order valence-corrected chi connectivity index (χ0v) is 11.3. The van der Waals surface area contributed by atoms with Crippen LogP contribution in [0.4, 0.5) is 0 Å². The van der Waals surface area contributed by atoms with Crippen LogP contribution in [0.5, 0.6) is 0 Å². The van der Waals surface area contributed by atoms with Crippen molar-refractivity contribution in [3.8, 4) is 0 Å². The summed E-state index contributed by atoms with van der Waals surface area (Å²) in [6.07, 6.45) is 1.34. The van der Waals surface area contributed by atoms with Crippen LogP contribution in [0, 0.1) is 11.3 Å². The van der Waals surface area contributed by atoms with Gasteiger partial charge in [0.05, 0.1) is 0 Å². The van der Waals surface area contributed by atoms with E-state index in [1.807, 2.05) is 0 Å². The first-order valence-corrected chi connectivity index (χ1v) is 6.25. The molecule has 1 fully saturated rings. The van der Waals surface area contributed by atoms with Gasteiger partial charge in [0, 0.05) is 18.6 Å². The predicted octanol–water partition coefficient (Wildman–Crippen LogP) is 2.35. The Bertz CT molecular complexity index is 195. The summed E-state index contributed by atoms with van der Waals surface area (Å²) < 4.78 is 0. The lowest BCUT2D eigenvalue weighted by Crippen LogP contribution is -2.52. The lowest BCUT2D eigenvalue weighted by atomic mass is 9.85. The average Bonchev–Trinajstić information content (AvgIpc) is 2.14. The number of rotatable bonds is 2. The Morgan fingerprint density at radius 2 is 1.87 bits per heavy atom. The third-order valence-corrected chi connectivity index (χ3v) is 3.99. The normalized spacial score (nSPS) is 30.6. The molecular formula is C13H28N2. The van der Waals surface area contributed by atoms with E-state index in [0.29, 0.717) is 17.5 Å². The van der Waals surface area contributed by atoms with Gasteiger partial charge in [-0.3, -0.25) is 4.90 Å². The van der Waals surface area contributed by atoms with Crippen LogP contribution < -0.4 is 5.32 Å². The van der Waals surface area contributed by atoms with E-state index < -0.39 is 0 Å². The lowest BCUT2D eigenvalue weighted by molar-refractivity contribution is 0.0740. The molecule has 0 amide bonds. The summed E-state index contributed by atoms with van der Waals surface area (Å²) in [6, 6.07) is 1.34. The molecule has 0 bridgehead atoms. The van der Waals surface area contributed by atoms with Crippen molar-refractivity contribution in [1.82, 2.24) is 10.2 Å². The van der Waals surface area contributed by atoms with Crippen LogP contribution in [-0.2, 0) is 0 Å². The molecule has 0 saturated carbocycles. The molecule has 3 atom stereocenters. The standard InChI is InChI=1S/C13H28N2/c1-10-7-12(9-14-8-10)15(6)11(2)13(3,4)5/h10-12,14H,7-9H2,1-6H3. The molecule has 2 heteroatoms. The SMILES string of the molecule is CC1CNCC(N(C)C(C)C(C)(C)C)C1. The first kappa shape index (κ1) is 13.0. The first-order valence-electron chi connectivity index (χ1n) is 6.25. The fraction of sp³-hybridized carbons (Fsp3) is 1.00. The molecule has 15 heavy (non-hydrogen) atoms. The Labute approximate surface area is 95.4 Å². The molecule has 90 valence electrons.